The first-order valence-electron chi connectivity index (χ1n) is 32.2. The molecule has 494 valence electrons. The number of ether oxygens (including phenoxy) is 6. The van der Waals surface area contributed by atoms with Crippen LogP contribution in [0.25, 0.3) is 0 Å². The molecule has 26 atom stereocenters. The van der Waals surface area contributed by atoms with Crippen LogP contribution in [0.1, 0.15) is 161 Å². The molecule has 21 heteroatoms. The van der Waals surface area contributed by atoms with Gasteiger partial charge in [-0.25, -0.2) is 4.39 Å². The van der Waals surface area contributed by atoms with Crippen molar-refractivity contribution in [2.75, 3.05) is 53.9 Å². The van der Waals surface area contributed by atoms with Gasteiger partial charge in [-0.3, -0.25) is 14.4 Å². The van der Waals surface area contributed by atoms with Gasteiger partial charge in [0, 0.05) is 67.9 Å². The Hall–Kier alpha value is -2.58. The number of fused-ring (bicyclic) bond motifs is 5. The van der Waals surface area contributed by atoms with Crippen LogP contribution < -0.4 is 10.6 Å². The molecule has 7 rings (SSSR count). The molecule has 0 aromatic rings. The van der Waals surface area contributed by atoms with E-state index in [2.05, 4.69) is 10.6 Å². The van der Waals surface area contributed by atoms with Gasteiger partial charge < -0.3 is 84.6 Å². The van der Waals surface area contributed by atoms with Gasteiger partial charge in [0.05, 0.1) is 42.0 Å². The fourth-order valence-electron chi connectivity index (χ4n) is 17.3. The number of allylic oxidation sites excluding steroid dienone is 4. The number of alkyl halides is 1. The number of nitrogens with one attached hydrogen (secondary N) is 2. The van der Waals surface area contributed by atoms with Crippen LogP contribution in [0.5, 0.6) is 0 Å². The third kappa shape index (κ3) is 12.6. The Morgan fingerprint density at radius 3 is 2.20 bits per heavy atom. The molecule has 7 aliphatic rings. The van der Waals surface area contributed by atoms with Crippen LogP contribution in [0.2, 0.25) is 0 Å². The van der Waals surface area contributed by atoms with Crippen molar-refractivity contribution in [3.63, 3.8) is 0 Å². The number of carbonyl (C=O) groups is 3. The SMILES string of the molecule is CC[C@H]1OC(=O)[C@H](C)C(O[C@H]2C[C@@](C)(OC)[C@](O)(CNCCCCNC(=O)[C@@]3(O)[C@H](C)CC4C5CCC6=CC(=O)C=C[C@]6(C)[C@@]5(F)[C@@H](O)C[C@@]43C)[C@@H](C)O2)[C@H](C)[C@@H](O[C@@H]2O[C@H](C)C[C@H](N(C)CC)[C@H]2O)[C@](C)(O)C[C@@H](C)CN(C)[C@H](C)[C@@H](O)[C@]1(C)O. The number of hydrogen-bond acceptors (Lipinski definition) is 19. The maximum absolute atomic E-state index is 17.7. The lowest BCUT2D eigenvalue weighted by molar-refractivity contribution is -0.336. The monoisotopic (exact) mass is 1220 g/mol. The first kappa shape index (κ1) is 70.9. The molecule has 3 unspecified atom stereocenters. The van der Waals surface area contributed by atoms with E-state index in [-0.39, 0.29) is 62.6 Å². The molecule has 0 bridgehead atoms. The molecule has 1 amide bonds. The Labute approximate surface area is 511 Å². The van der Waals surface area contributed by atoms with Crippen LogP contribution in [0, 0.1) is 46.3 Å². The van der Waals surface area contributed by atoms with Crippen molar-refractivity contribution in [3.8, 4) is 0 Å². The molecule has 20 nitrogen and oxygen atoms in total. The molecule has 86 heavy (non-hydrogen) atoms. The largest absolute Gasteiger partial charge is 0.459 e. The van der Waals surface area contributed by atoms with Crippen molar-refractivity contribution in [2.24, 2.45) is 46.3 Å². The number of aliphatic hydroxyl groups excluding tert-OH is 3. The number of likely N-dealkylation sites (N-methyl/N-ethyl adjacent to an activating group) is 2. The molecule has 0 radical (unpaired) electrons. The highest BCUT2D eigenvalue weighted by atomic mass is 19.1. The van der Waals surface area contributed by atoms with Gasteiger partial charge in [0.25, 0.3) is 5.91 Å². The lowest BCUT2D eigenvalue weighted by Crippen LogP contribution is -2.70. The Morgan fingerprint density at radius 1 is 0.895 bits per heavy atom. The summed E-state index contributed by atoms with van der Waals surface area (Å²) in [5.74, 6) is -5.25. The molecule has 9 N–H and O–H groups in total. The first-order chi connectivity index (χ1) is 39.9. The smallest absolute Gasteiger partial charge is 0.311 e. The van der Waals surface area contributed by atoms with Crippen molar-refractivity contribution in [1.29, 1.82) is 0 Å². The highest BCUT2D eigenvalue weighted by molar-refractivity contribution is 6.01. The van der Waals surface area contributed by atoms with E-state index >= 15 is 4.39 Å². The second-order valence-electron chi connectivity index (χ2n) is 28.9. The number of methoxy groups -OCH3 is 1. The van der Waals surface area contributed by atoms with Crippen molar-refractivity contribution < 1.29 is 82.9 Å². The van der Waals surface area contributed by atoms with Crippen LogP contribution in [-0.2, 0) is 42.8 Å². The van der Waals surface area contributed by atoms with E-state index in [1.54, 1.807) is 61.5 Å². The lowest BCUT2D eigenvalue weighted by atomic mass is 9.44. The quantitative estimate of drug-likeness (QED) is 0.0760. The highest BCUT2D eigenvalue weighted by Gasteiger charge is 2.76. The highest BCUT2D eigenvalue weighted by Crippen LogP contribution is 2.70. The van der Waals surface area contributed by atoms with Gasteiger partial charge in [0.2, 0.25) is 0 Å². The van der Waals surface area contributed by atoms with Crippen molar-refractivity contribution in [1.82, 2.24) is 20.4 Å². The average molecular weight is 1220 g/mol. The Kier molecular flexibility index (Phi) is 21.9. The standard InChI is InChI=1S/C65H111FN4O16/c1-18-49-62(14,78)53(74)41(8)70(16)34-36(3)31-60(12,77)54(86-56-51(73)47(69(15)19-2)29-38(5)82-56)39(6)52(40(7)55(75)84-49)85-50-33-61(13,81-17)63(79,42(9)83-50)35-67-26-20-21-27-68-57(76)65(80)37(4)28-46-45-23-22-43-30-44(71)24-25-58(43,10)64(45,66)48(72)32-59(46,65)11/h24-25,30,36-42,45-54,56,67,72-74,77-80H,18-23,26-29,31-35H2,1-17H3,(H,68,76)/t36-,37-,38-,39+,40-,41-,42-,45?,46?,47+,48+,49-,50+,51-,52?,53-,54-,56+,58+,59+,60-,61-,62-,63+,64+,65+/m1/s1. The molecular formula is C65H111FN4O16. The maximum Gasteiger partial charge on any atom is 0.311 e. The number of carbonyl (C=O) groups excluding carboxylic acids is 3. The zero-order chi connectivity index (χ0) is 64.2. The summed E-state index contributed by atoms with van der Waals surface area (Å²) in [5, 5.41) is 91.9. The molecule has 3 saturated carbocycles. The summed E-state index contributed by atoms with van der Waals surface area (Å²) in [6.45, 7) is 26.6. The summed E-state index contributed by atoms with van der Waals surface area (Å²) in [4.78, 5) is 45.2. The minimum absolute atomic E-state index is 0.0183. The van der Waals surface area contributed by atoms with Gasteiger partial charge in [0.15, 0.2) is 29.6 Å². The van der Waals surface area contributed by atoms with Crippen LogP contribution in [0.4, 0.5) is 4.39 Å². The third-order valence-corrected chi connectivity index (χ3v) is 23.1. The van der Waals surface area contributed by atoms with E-state index in [0.29, 0.717) is 63.7 Å². The van der Waals surface area contributed by atoms with Gasteiger partial charge >= 0.3 is 5.97 Å². The molecule has 3 saturated heterocycles. The predicted molar refractivity (Wildman–Crippen MR) is 321 cm³/mol. The fourth-order valence-corrected chi connectivity index (χ4v) is 17.3. The predicted octanol–water partition coefficient (Wildman–Crippen LogP) is 4.49. The second-order valence-corrected chi connectivity index (χ2v) is 28.9. The number of rotatable bonds is 16. The summed E-state index contributed by atoms with van der Waals surface area (Å²) >= 11 is 0. The number of ketones is 1. The topological polar surface area (TPSA) is 279 Å². The van der Waals surface area contributed by atoms with Gasteiger partial charge in [-0.1, -0.05) is 53.2 Å². The molecule has 0 spiro atoms. The van der Waals surface area contributed by atoms with E-state index in [0.717, 1.165) is 0 Å². The number of aliphatic hydroxyl groups is 7. The molecule has 0 aromatic heterocycles. The average Bonchev–Trinajstić information content (AvgIpc) is 1.34. The zero-order valence-corrected chi connectivity index (χ0v) is 54.8. The van der Waals surface area contributed by atoms with E-state index in [1.807, 2.05) is 58.5 Å². The maximum atomic E-state index is 17.7. The van der Waals surface area contributed by atoms with Crippen LogP contribution in [-0.4, -0.2) is 224 Å². The van der Waals surface area contributed by atoms with Crippen LogP contribution >= 0.6 is 0 Å². The minimum atomic E-state index is -2.08. The number of cyclic esters (lactones) is 1. The van der Waals surface area contributed by atoms with Gasteiger partial charge in [-0.2, -0.15) is 0 Å². The normalized spacial score (nSPS) is 49.0. The molecule has 6 fully saturated rings. The number of hydrogen-bond donors (Lipinski definition) is 9. The molecular weight excluding hydrogens is 1110 g/mol. The van der Waals surface area contributed by atoms with E-state index in [9.17, 15) is 50.1 Å². The number of esters is 1. The van der Waals surface area contributed by atoms with E-state index < -0.39 is 147 Å². The van der Waals surface area contributed by atoms with Crippen molar-refractivity contribution >= 4 is 17.7 Å². The zero-order valence-electron chi connectivity index (χ0n) is 54.8. The number of amides is 1. The summed E-state index contributed by atoms with van der Waals surface area (Å²) in [7, 11) is 5.24. The molecule has 3 heterocycles. The Bertz CT molecular complexity index is 2440. The summed E-state index contributed by atoms with van der Waals surface area (Å²) in [6, 6.07) is -0.922. The lowest BCUT2D eigenvalue weighted by Gasteiger charge is -2.62. The van der Waals surface area contributed by atoms with Gasteiger partial charge in [-0.05, 0) is 170 Å². The summed E-state index contributed by atoms with van der Waals surface area (Å²) in [5.41, 5.74) is -12.1. The van der Waals surface area contributed by atoms with Crippen LogP contribution in [0.3, 0.4) is 0 Å². The first-order valence-corrected chi connectivity index (χ1v) is 32.2. The van der Waals surface area contributed by atoms with E-state index in [4.69, 9.17) is 28.4 Å². The second kappa shape index (κ2) is 26.6. The third-order valence-electron chi connectivity index (χ3n) is 23.1. The van der Waals surface area contributed by atoms with Crippen molar-refractivity contribution in [2.45, 2.75) is 268 Å². The van der Waals surface area contributed by atoms with Crippen molar-refractivity contribution in [3.05, 3.63) is 23.8 Å². The van der Waals surface area contributed by atoms with Gasteiger partial charge in [0.1, 0.15) is 35.1 Å². The Morgan fingerprint density at radius 2 is 1.56 bits per heavy atom. The van der Waals surface area contributed by atoms with Crippen LogP contribution in [0.15, 0.2) is 23.8 Å². The number of nitrogens with zero attached hydrogens (tertiary/aromatic N) is 2. The summed E-state index contributed by atoms with van der Waals surface area (Å²) in [6.07, 6.45) is -3.39. The number of halogens is 1. The van der Waals surface area contributed by atoms with E-state index in [1.165, 1.54) is 26.2 Å². The minimum Gasteiger partial charge on any atom is -0.459 e. The molecule has 0 aromatic carbocycles. The molecule has 3 aliphatic heterocycles. The fraction of sp³-hybridized carbons (Fsp3) is 0.892. The summed E-state index contributed by atoms with van der Waals surface area (Å²) < 4.78 is 56.9. The van der Waals surface area contributed by atoms with Gasteiger partial charge in [-0.15, -0.1) is 0 Å². The Balaban J connectivity index is 1.04. The number of unbranched alkanes of at least 4 members (excludes halogenated alkanes) is 1. The molecule has 4 aliphatic carbocycles.